The Labute approximate surface area is 96.1 Å². The minimum Gasteiger partial charge on any atom is -0.143 e. The van der Waals surface area contributed by atoms with Crippen LogP contribution in [-0.2, 0) is 0 Å². The maximum Gasteiger partial charge on any atom is 0.147 e. The van der Waals surface area contributed by atoms with Crippen LogP contribution < -0.4 is 0 Å². The van der Waals surface area contributed by atoms with Gasteiger partial charge in [0.15, 0.2) is 0 Å². The van der Waals surface area contributed by atoms with Crippen molar-refractivity contribution in [3.05, 3.63) is 40.9 Å². The second-order valence-electron chi connectivity index (χ2n) is 2.47. The van der Waals surface area contributed by atoms with E-state index in [1.807, 2.05) is 45.9 Å². The van der Waals surface area contributed by atoms with E-state index in [4.69, 9.17) is 0 Å². The normalized spacial score (nSPS) is 11.1. The highest BCUT2D eigenvalue weighted by Gasteiger charge is 2.02. The number of hydrogen-bond donors (Lipinski definition) is 0. The molecule has 3 heteroatoms. The standard InChI is InChI=1S/C10H12N2S.C2H6/c1-4-6-7-9(5-2)10-12-11-8(3)13-10;1-2/h4-7H,1H2,2-3H3;1-2H3/b7-6-,9-5+;. The van der Waals surface area contributed by atoms with Crippen molar-refractivity contribution in [2.75, 3.05) is 0 Å². The molecule has 0 aliphatic carbocycles. The Morgan fingerprint density at radius 3 is 2.40 bits per heavy atom. The molecule has 0 spiro atoms. The molecule has 0 saturated heterocycles. The number of aromatic nitrogens is 2. The van der Waals surface area contributed by atoms with E-state index in [9.17, 15) is 0 Å². The molecule has 0 saturated carbocycles. The quantitative estimate of drug-likeness (QED) is 0.722. The van der Waals surface area contributed by atoms with Gasteiger partial charge in [0.2, 0.25) is 0 Å². The van der Waals surface area contributed by atoms with Gasteiger partial charge >= 0.3 is 0 Å². The average molecular weight is 222 g/mol. The molecule has 0 aliphatic heterocycles. The third-order valence-electron chi connectivity index (χ3n) is 1.50. The van der Waals surface area contributed by atoms with Crippen LogP contribution in [0.25, 0.3) is 5.57 Å². The lowest BCUT2D eigenvalue weighted by Gasteiger charge is -1.91. The third kappa shape index (κ3) is 4.70. The summed E-state index contributed by atoms with van der Waals surface area (Å²) >= 11 is 1.59. The summed E-state index contributed by atoms with van der Waals surface area (Å²) in [5.41, 5.74) is 1.09. The molecule has 0 fully saturated rings. The molecule has 0 N–H and O–H groups in total. The molecule has 0 aliphatic rings. The predicted molar refractivity (Wildman–Crippen MR) is 69.0 cm³/mol. The SMILES string of the molecule is C=C/C=C\C(=C/C)c1nnc(C)s1.CC. The van der Waals surface area contributed by atoms with Crippen LogP contribution in [-0.4, -0.2) is 10.2 Å². The van der Waals surface area contributed by atoms with Crippen LogP contribution in [0.15, 0.2) is 30.9 Å². The predicted octanol–water partition coefficient (Wildman–Crippen LogP) is 4.02. The van der Waals surface area contributed by atoms with Crippen LogP contribution in [0.5, 0.6) is 0 Å². The van der Waals surface area contributed by atoms with Crippen molar-refractivity contribution in [1.29, 1.82) is 0 Å². The van der Waals surface area contributed by atoms with Crippen LogP contribution in [0.3, 0.4) is 0 Å². The molecule has 82 valence electrons. The molecule has 1 aromatic heterocycles. The van der Waals surface area contributed by atoms with Gasteiger partial charge in [0, 0.05) is 5.57 Å². The topological polar surface area (TPSA) is 25.8 Å². The summed E-state index contributed by atoms with van der Waals surface area (Å²) in [6.45, 7) is 11.6. The third-order valence-corrected chi connectivity index (χ3v) is 2.38. The lowest BCUT2D eigenvalue weighted by Crippen LogP contribution is -1.78. The minimum atomic E-state index is 0.957. The Morgan fingerprint density at radius 1 is 1.33 bits per heavy atom. The van der Waals surface area contributed by atoms with E-state index >= 15 is 0 Å². The fourth-order valence-electron chi connectivity index (χ4n) is 0.876. The van der Waals surface area contributed by atoms with Gasteiger partial charge in [0.1, 0.15) is 10.0 Å². The van der Waals surface area contributed by atoms with Crippen LogP contribution in [0, 0.1) is 6.92 Å². The lowest BCUT2D eigenvalue weighted by molar-refractivity contribution is 1.04. The first-order valence-corrected chi connectivity index (χ1v) is 5.85. The smallest absolute Gasteiger partial charge is 0.143 e. The summed E-state index contributed by atoms with van der Waals surface area (Å²) in [5, 5.41) is 9.96. The zero-order chi connectivity index (χ0) is 11.7. The summed E-state index contributed by atoms with van der Waals surface area (Å²) < 4.78 is 0. The van der Waals surface area contributed by atoms with Crippen molar-refractivity contribution >= 4 is 16.9 Å². The first-order chi connectivity index (χ1) is 7.27. The van der Waals surface area contributed by atoms with Gasteiger partial charge in [-0.05, 0) is 13.8 Å². The van der Waals surface area contributed by atoms with Crippen LogP contribution in [0.1, 0.15) is 30.8 Å². The number of allylic oxidation sites excluding steroid dienone is 5. The van der Waals surface area contributed by atoms with Crippen LogP contribution >= 0.6 is 11.3 Å². The molecular formula is C12H18N2S. The minimum absolute atomic E-state index is 0.957. The second-order valence-corrected chi connectivity index (χ2v) is 3.65. The maximum absolute atomic E-state index is 4.05. The van der Waals surface area contributed by atoms with Crippen molar-refractivity contribution < 1.29 is 0 Å². The fourth-order valence-corrected chi connectivity index (χ4v) is 1.62. The van der Waals surface area contributed by atoms with Crippen molar-refractivity contribution in [2.45, 2.75) is 27.7 Å². The van der Waals surface area contributed by atoms with Crippen molar-refractivity contribution in [3.63, 3.8) is 0 Å². The summed E-state index contributed by atoms with van der Waals surface area (Å²) in [7, 11) is 0. The molecule has 2 nitrogen and oxygen atoms in total. The highest BCUT2D eigenvalue weighted by atomic mass is 32.1. The van der Waals surface area contributed by atoms with Crippen molar-refractivity contribution in [2.24, 2.45) is 0 Å². The summed E-state index contributed by atoms with van der Waals surface area (Å²) in [5.74, 6) is 0. The first kappa shape index (κ1) is 13.8. The maximum atomic E-state index is 4.05. The van der Waals surface area contributed by atoms with Crippen molar-refractivity contribution in [3.8, 4) is 0 Å². The molecule has 0 amide bonds. The number of aryl methyl sites for hydroxylation is 1. The molecule has 0 radical (unpaired) electrons. The summed E-state index contributed by atoms with van der Waals surface area (Å²) in [6.07, 6.45) is 7.64. The van der Waals surface area contributed by atoms with Gasteiger partial charge in [-0.25, -0.2) is 0 Å². The van der Waals surface area contributed by atoms with Crippen molar-refractivity contribution in [1.82, 2.24) is 10.2 Å². The van der Waals surface area contributed by atoms with E-state index in [-0.39, 0.29) is 0 Å². The molecule has 1 rings (SSSR count). The highest BCUT2D eigenvalue weighted by Crippen LogP contribution is 2.19. The summed E-state index contributed by atoms with van der Waals surface area (Å²) in [4.78, 5) is 0. The molecule has 1 aromatic rings. The Bertz CT molecular complexity index is 348. The monoisotopic (exact) mass is 222 g/mol. The zero-order valence-corrected chi connectivity index (χ0v) is 10.6. The zero-order valence-electron chi connectivity index (χ0n) is 9.82. The lowest BCUT2D eigenvalue weighted by atomic mass is 10.2. The van der Waals surface area contributed by atoms with E-state index in [2.05, 4.69) is 16.8 Å². The van der Waals surface area contributed by atoms with Crippen LogP contribution in [0.4, 0.5) is 0 Å². The highest BCUT2D eigenvalue weighted by molar-refractivity contribution is 7.12. The molecule has 0 unspecified atom stereocenters. The first-order valence-electron chi connectivity index (χ1n) is 5.04. The van der Waals surface area contributed by atoms with Crippen LogP contribution in [0.2, 0.25) is 0 Å². The largest absolute Gasteiger partial charge is 0.147 e. The Morgan fingerprint density at radius 2 is 2.00 bits per heavy atom. The fraction of sp³-hybridized carbons (Fsp3) is 0.333. The average Bonchev–Trinajstić information content (AvgIpc) is 2.69. The van der Waals surface area contributed by atoms with E-state index in [0.717, 1.165) is 15.6 Å². The van der Waals surface area contributed by atoms with Gasteiger partial charge in [-0.1, -0.05) is 56.1 Å². The number of nitrogens with zero attached hydrogens (tertiary/aromatic N) is 2. The van der Waals surface area contributed by atoms with Gasteiger partial charge in [-0.3, -0.25) is 0 Å². The molecule has 0 aromatic carbocycles. The summed E-state index contributed by atoms with van der Waals surface area (Å²) in [6, 6.07) is 0. The molecule has 0 bridgehead atoms. The van der Waals surface area contributed by atoms with Gasteiger partial charge < -0.3 is 0 Å². The Kier molecular flexibility index (Phi) is 7.46. The van der Waals surface area contributed by atoms with E-state index in [1.54, 1.807) is 17.4 Å². The van der Waals surface area contributed by atoms with Gasteiger partial charge in [-0.15, -0.1) is 10.2 Å². The molecule has 1 heterocycles. The molecular weight excluding hydrogens is 204 g/mol. The molecule has 15 heavy (non-hydrogen) atoms. The van der Waals surface area contributed by atoms with Gasteiger partial charge in [0.05, 0.1) is 0 Å². The number of hydrogen-bond acceptors (Lipinski definition) is 3. The van der Waals surface area contributed by atoms with E-state index in [1.165, 1.54) is 0 Å². The van der Waals surface area contributed by atoms with E-state index < -0.39 is 0 Å². The Balaban J connectivity index is 0.000000921. The Hall–Kier alpha value is -1.22. The van der Waals surface area contributed by atoms with Gasteiger partial charge in [0.25, 0.3) is 0 Å². The molecule has 0 atom stereocenters. The van der Waals surface area contributed by atoms with E-state index in [0.29, 0.717) is 0 Å². The van der Waals surface area contributed by atoms with Gasteiger partial charge in [-0.2, -0.15) is 0 Å². The second kappa shape index (κ2) is 8.12. The number of rotatable bonds is 3.